The maximum absolute atomic E-state index is 5.25. The normalized spacial score (nSPS) is 30.1. The van der Waals surface area contributed by atoms with Crippen LogP contribution in [0.25, 0.3) is 17.1 Å². The van der Waals surface area contributed by atoms with E-state index >= 15 is 0 Å². The second-order valence-electron chi connectivity index (χ2n) is 9.38. The van der Waals surface area contributed by atoms with Crippen molar-refractivity contribution in [2.24, 2.45) is 17.8 Å². The van der Waals surface area contributed by atoms with E-state index in [9.17, 15) is 0 Å². The fourth-order valence-corrected chi connectivity index (χ4v) is 7.03. The van der Waals surface area contributed by atoms with Crippen LogP contribution in [0.3, 0.4) is 0 Å². The smallest absolute Gasteiger partial charge is 0.196 e. The summed E-state index contributed by atoms with van der Waals surface area (Å²) >= 11 is 7.13. The van der Waals surface area contributed by atoms with Gasteiger partial charge in [-0.15, -0.1) is 4.68 Å². The molecule has 148 valence electrons. The van der Waals surface area contributed by atoms with Crippen LogP contribution < -0.4 is 4.57 Å². The van der Waals surface area contributed by atoms with Gasteiger partial charge in [-0.2, -0.15) is 4.57 Å². The highest BCUT2D eigenvalue weighted by Gasteiger charge is 2.55. The first kappa shape index (κ1) is 18.3. The lowest BCUT2D eigenvalue weighted by Crippen LogP contribution is -2.52. The summed E-state index contributed by atoms with van der Waals surface area (Å²) in [7, 11) is 0. The van der Waals surface area contributed by atoms with Crippen molar-refractivity contribution in [2.75, 3.05) is 0 Å². The summed E-state index contributed by atoms with van der Waals surface area (Å²) in [6, 6.07) is 17.1. The Morgan fingerprint density at radius 1 is 0.793 bits per heavy atom. The number of hydrogen-bond donors (Lipinski definition) is 0. The number of nitrogens with zero attached hydrogens (tertiary/aromatic N) is 3. The summed E-state index contributed by atoms with van der Waals surface area (Å²) < 4.78 is 6.82. The van der Waals surface area contributed by atoms with Gasteiger partial charge in [0.05, 0.1) is 5.56 Å². The predicted octanol–water partition coefficient (Wildman–Crippen LogP) is 6.28. The van der Waals surface area contributed by atoms with Gasteiger partial charge in [0.1, 0.15) is 11.2 Å². The van der Waals surface area contributed by atoms with Crippen LogP contribution >= 0.6 is 31.9 Å². The highest BCUT2D eigenvalue weighted by atomic mass is 79.9. The molecular formula is C24H24Br2N3+. The van der Waals surface area contributed by atoms with Crippen molar-refractivity contribution in [1.82, 2.24) is 9.78 Å². The molecular weight excluding hydrogens is 490 g/mol. The van der Waals surface area contributed by atoms with Gasteiger partial charge < -0.3 is 0 Å². The number of rotatable bonds is 3. The molecule has 29 heavy (non-hydrogen) atoms. The van der Waals surface area contributed by atoms with E-state index in [1.165, 1.54) is 38.5 Å². The Hall–Kier alpha value is -1.46. The van der Waals surface area contributed by atoms with E-state index in [0.717, 1.165) is 43.8 Å². The highest BCUT2D eigenvalue weighted by molar-refractivity contribution is 9.10. The third kappa shape index (κ3) is 3.12. The third-order valence-corrected chi connectivity index (χ3v) is 8.41. The fraction of sp³-hybridized carbons (Fsp3) is 0.417. The van der Waals surface area contributed by atoms with Gasteiger partial charge >= 0.3 is 5.82 Å². The van der Waals surface area contributed by atoms with E-state index < -0.39 is 0 Å². The number of hydrogen-bond acceptors (Lipinski definition) is 1. The summed E-state index contributed by atoms with van der Waals surface area (Å²) in [6.45, 7) is 0. The Bertz CT molecular complexity index is 954. The minimum atomic E-state index is 0.222. The van der Waals surface area contributed by atoms with Gasteiger partial charge in [0.2, 0.25) is 6.33 Å². The Balaban J connectivity index is 1.49. The minimum absolute atomic E-state index is 0.222. The molecule has 0 radical (unpaired) electrons. The Morgan fingerprint density at radius 3 is 1.86 bits per heavy atom. The van der Waals surface area contributed by atoms with Gasteiger partial charge in [-0.05, 0) is 105 Å². The molecule has 0 atom stereocenters. The quantitative estimate of drug-likeness (QED) is 0.378. The molecule has 0 amide bonds. The first-order chi connectivity index (χ1) is 14.1. The predicted molar refractivity (Wildman–Crippen MR) is 121 cm³/mol. The Kier molecular flexibility index (Phi) is 4.28. The van der Waals surface area contributed by atoms with Crippen LogP contribution in [0, 0.1) is 17.8 Å². The molecule has 4 aliphatic carbocycles. The standard InChI is InChI=1S/C24H24Br2N3/c25-20-3-1-19(2-4-20)23-27-29(15-28(23)22-7-5-21(26)6-8-22)24-12-16-9-17(13-24)11-18(10-16)14-24/h1-8,15-18H,9-14H2/q+1. The zero-order valence-electron chi connectivity index (χ0n) is 16.3. The molecule has 0 aliphatic heterocycles. The highest BCUT2D eigenvalue weighted by Crippen LogP contribution is 2.58. The van der Waals surface area contributed by atoms with Crippen LogP contribution in [-0.2, 0) is 5.54 Å². The topological polar surface area (TPSA) is 21.7 Å². The van der Waals surface area contributed by atoms with Gasteiger partial charge in [-0.3, -0.25) is 0 Å². The maximum Gasteiger partial charge on any atom is 0.313 e. The van der Waals surface area contributed by atoms with Crippen LogP contribution in [-0.4, -0.2) is 9.78 Å². The van der Waals surface area contributed by atoms with E-state index in [1.54, 1.807) is 0 Å². The van der Waals surface area contributed by atoms with Gasteiger partial charge in [-0.1, -0.05) is 31.9 Å². The number of halogens is 2. The number of aromatic nitrogens is 3. The molecule has 2 aromatic carbocycles. The van der Waals surface area contributed by atoms with Crippen LogP contribution in [0.2, 0.25) is 0 Å². The number of benzene rings is 2. The first-order valence-corrected chi connectivity index (χ1v) is 12.2. The van der Waals surface area contributed by atoms with Crippen molar-refractivity contribution in [3.8, 4) is 17.1 Å². The van der Waals surface area contributed by atoms with Crippen LogP contribution in [0.1, 0.15) is 38.5 Å². The van der Waals surface area contributed by atoms with E-state index in [0.29, 0.717) is 0 Å². The summed E-state index contributed by atoms with van der Waals surface area (Å²) in [6.07, 6.45) is 10.5. The van der Waals surface area contributed by atoms with Gasteiger partial charge in [0.25, 0.3) is 0 Å². The summed E-state index contributed by atoms with van der Waals surface area (Å²) in [5.74, 6) is 3.74. The molecule has 1 aromatic heterocycles. The molecule has 0 saturated heterocycles. The minimum Gasteiger partial charge on any atom is -0.196 e. The second kappa shape index (κ2) is 6.78. The van der Waals surface area contributed by atoms with Gasteiger partial charge in [0, 0.05) is 14.0 Å². The molecule has 5 heteroatoms. The van der Waals surface area contributed by atoms with Gasteiger partial charge in [0.15, 0.2) is 0 Å². The van der Waals surface area contributed by atoms with Crippen molar-refractivity contribution in [1.29, 1.82) is 0 Å². The van der Waals surface area contributed by atoms with Crippen molar-refractivity contribution >= 4 is 31.9 Å². The van der Waals surface area contributed by atoms with Crippen molar-refractivity contribution < 1.29 is 4.57 Å². The van der Waals surface area contributed by atoms with Crippen LogP contribution in [0.5, 0.6) is 0 Å². The van der Waals surface area contributed by atoms with E-state index in [-0.39, 0.29) is 5.54 Å². The van der Waals surface area contributed by atoms with Crippen molar-refractivity contribution in [3.05, 3.63) is 63.8 Å². The second-order valence-corrected chi connectivity index (χ2v) is 11.2. The van der Waals surface area contributed by atoms with E-state index in [4.69, 9.17) is 5.10 Å². The zero-order valence-corrected chi connectivity index (χ0v) is 19.4. The fourth-order valence-electron chi connectivity index (χ4n) is 6.50. The van der Waals surface area contributed by atoms with Crippen LogP contribution in [0.4, 0.5) is 0 Å². The third-order valence-electron chi connectivity index (χ3n) is 7.35. The summed E-state index contributed by atoms with van der Waals surface area (Å²) in [4.78, 5) is 0. The van der Waals surface area contributed by atoms with Crippen LogP contribution in [0.15, 0.2) is 63.8 Å². The summed E-state index contributed by atoms with van der Waals surface area (Å²) in [5, 5.41) is 5.25. The lowest BCUT2D eigenvalue weighted by Gasteiger charge is -2.54. The Morgan fingerprint density at radius 2 is 1.31 bits per heavy atom. The lowest BCUT2D eigenvalue weighted by atomic mass is 9.53. The van der Waals surface area contributed by atoms with Gasteiger partial charge in [-0.25, -0.2) is 0 Å². The first-order valence-electron chi connectivity index (χ1n) is 10.6. The Labute approximate surface area is 188 Å². The lowest BCUT2D eigenvalue weighted by molar-refractivity contribution is -0.585. The molecule has 4 bridgehead atoms. The SMILES string of the molecule is Brc1ccc(-c2nn(C34CC5CC(CC(C5)C3)C4)c[n+]2-c2ccc(Br)cc2)cc1. The largest absolute Gasteiger partial charge is 0.313 e. The molecule has 0 spiro atoms. The van der Waals surface area contributed by atoms with E-state index in [2.05, 4.69) is 96.0 Å². The average molecular weight is 514 g/mol. The van der Waals surface area contributed by atoms with E-state index in [1.807, 2.05) is 0 Å². The zero-order chi connectivity index (χ0) is 19.6. The van der Waals surface area contributed by atoms with Crippen molar-refractivity contribution in [3.63, 3.8) is 0 Å². The monoisotopic (exact) mass is 512 g/mol. The molecule has 3 aromatic rings. The molecule has 3 nitrogen and oxygen atoms in total. The average Bonchev–Trinajstić information content (AvgIpc) is 3.14. The molecule has 4 saturated carbocycles. The molecule has 0 unspecified atom stereocenters. The molecule has 7 rings (SSSR count). The maximum atomic E-state index is 5.25. The molecule has 4 fully saturated rings. The summed E-state index contributed by atoms with van der Waals surface area (Å²) in [5.41, 5.74) is 2.53. The molecule has 4 aliphatic rings. The molecule has 1 heterocycles. The molecule has 0 N–H and O–H groups in total. The van der Waals surface area contributed by atoms with Crippen molar-refractivity contribution in [2.45, 2.75) is 44.1 Å².